The highest BCUT2D eigenvalue weighted by Gasteiger charge is 2.27. The number of nitrogens with one attached hydrogen (secondary N) is 1. The summed E-state index contributed by atoms with van der Waals surface area (Å²) in [4.78, 5) is 0. The predicted octanol–water partition coefficient (Wildman–Crippen LogP) is 0.659. The first-order valence-corrected chi connectivity index (χ1v) is 7.71. The smallest absolute Gasteiger partial charge is 0.151 e. The lowest BCUT2D eigenvalue weighted by atomic mass is 10.2. The highest BCUT2D eigenvalue weighted by Crippen LogP contribution is 2.20. The molecule has 1 aromatic heterocycles. The van der Waals surface area contributed by atoms with E-state index in [0.29, 0.717) is 18.0 Å². The summed E-state index contributed by atoms with van der Waals surface area (Å²) in [6, 6.07) is 0.0336. The Morgan fingerprint density at radius 1 is 1.59 bits per heavy atom. The van der Waals surface area contributed by atoms with E-state index in [1.807, 2.05) is 14.0 Å². The van der Waals surface area contributed by atoms with Crippen LogP contribution < -0.4 is 5.32 Å². The summed E-state index contributed by atoms with van der Waals surface area (Å²) in [7, 11) is -0.998. The zero-order chi connectivity index (χ0) is 12.6. The Hall–Kier alpha value is -0.590. The zero-order valence-corrected chi connectivity index (χ0v) is 11.5. The Labute approximate surface area is 106 Å². The highest BCUT2D eigenvalue weighted by molar-refractivity contribution is 7.91. The Morgan fingerprint density at radius 3 is 2.76 bits per heavy atom. The predicted molar refractivity (Wildman–Crippen MR) is 66.9 cm³/mol. The molecule has 1 N–H and O–H groups in total. The van der Waals surface area contributed by atoms with E-state index >= 15 is 0 Å². The minimum absolute atomic E-state index is 0.0336. The van der Waals surface area contributed by atoms with Crippen molar-refractivity contribution in [3.05, 3.63) is 16.4 Å². The molecule has 2 heterocycles. The quantitative estimate of drug-likeness (QED) is 0.882. The van der Waals surface area contributed by atoms with Crippen LogP contribution in [0.1, 0.15) is 17.8 Å². The largest absolute Gasteiger partial charge is 0.307 e. The van der Waals surface area contributed by atoms with Gasteiger partial charge in [0, 0.05) is 19.6 Å². The molecule has 5 nitrogen and oxygen atoms in total. The van der Waals surface area contributed by atoms with Gasteiger partial charge in [-0.15, -0.1) is 0 Å². The molecule has 1 aliphatic heterocycles. The topological polar surface area (TPSA) is 64.0 Å². The van der Waals surface area contributed by atoms with Crippen LogP contribution in [0.15, 0.2) is 0 Å². The molecule has 7 heteroatoms. The van der Waals surface area contributed by atoms with Crippen molar-refractivity contribution < 1.29 is 8.42 Å². The van der Waals surface area contributed by atoms with Gasteiger partial charge in [0.25, 0.3) is 0 Å². The Morgan fingerprint density at radius 2 is 2.29 bits per heavy atom. The van der Waals surface area contributed by atoms with Crippen molar-refractivity contribution in [2.24, 2.45) is 7.05 Å². The van der Waals surface area contributed by atoms with Crippen LogP contribution in [-0.2, 0) is 23.4 Å². The van der Waals surface area contributed by atoms with Gasteiger partial charge in [0.05, 0.1) is 27.9 Å². The minimum atomic E-state index is -2.83. The maximum atomic E-state index is 11.3. The average Bonchev–Trinajstić information content (AvgIpc) is 2.68. The molecule has 1 aliphatic rings. The number of sulfone groups is 1. The van der Waals surface area contributed by atoms with Crippen LogP contribution >= 0.6 is 11.6 Å². The van der Waals surface area contributed by atoms with Gasteiger partial charge < -0.3 is 5.32 Å². The van der Waals surface area contributed by atoms with Crippen molar-refractivity contribution in [1.82, 2.24) is 15.1 Å². The Bertz CT molecular complexity index is 524. The summed E-state index contributed by atoms with van der Waals surface area (Å²) in [6.07, 6.45) is 0.677. The fourth-order valence-electron chi connectivity index (χ4n) is 2.07. The normalized spacial score (nSPS) is 23.1. The second-order valence-corrected chi connectivity index (χ2v) is 7.06. The first kappa shape index (κ1) is 12.9. The van der Waals surface area contributed by atoms with E-state index in [0.717, 1.165) is 11.4 Å². The third-order valence-electron chi connectivity index (χ3n) is 3.05. The molecular weight excluding hydrogens is 262 g/mol. The van der Waals surface area contributed by atoms with Crippen molar-refractivity contribution in [2.75, 3.05) is 11.5 Å². The number of rotatable bonds is 3. The molecule has 0 radical (unpaired) electrons. The van der Waals surface area contributed by atoms with Crippen LogP contribution in [0.2, 0.25) is 5.02 Å². The fourth-order valence-corrected chi connectivity index (χ4v) is 4.00. The van der Waals surface area contributed by atoms with Crippen LogP contribution in [0.4, 0.5) is 0 Å². The molecule has 0 bridgehead atoms. The molecule has 0 aliphatic carbocycles. The number of aromatic nitrogens is 2. The summed E-state index contributed by atoms with van der Waals surface area (Å²) in [6.45, 7) is 2.40. The maximum Gasteiger partial charge on any atom is 0.151 e. The molecule has 1 saturated heterocycles. The number of hydrogen-bond acceptors (Lipinski definition) is 4. The van der Waals surface area contributed by atoms with Gasteiger partial charge in [0.1, 0.15) is 0 Å². The van der Waals surface area contributed by atoms with Gasteiger partial charge in [0.2, 0.25) is 0 Å². The SMILES string of the molecule is Cc1nn(C)c(CNC2CCS(=O)(=O)C2)c1Cl. The molecule has 96 valence electrons. The highest BCUT2D eigenvalue weighted by atomic mass is 35.5. The summed E-state index contributed by atoms with van der Waals surface area (Å²) in [5.41, 5.74) is 1.69. The Kier molecular flexibility index (Phi) is 3.47. The monoisotopic (exact) mass is 277 g/mol. The van der Waals surface area contributed by atoms with Crippen LogP contribution in [0, 0.1) is 6.92 Å². The van der Waals surface area contributed by atoms with E-state index in [4.69, 9.17) is 11.6 Å². The third kappa shape index (κ3) is 2.81. The van der Waals surface area contributed by atoms with Crippen molar-refractivity contribution in [3.63, 3.8) is 0 Å². The summed E-state index contributed by atoms with van der Waals surface area (Å²) in [5, 5.41) is 8.09. The molecule has 0 amide bonds. The van der Waals surface area contributed by atoms with Crippen molar-refractivity contribution in [3.8, 4) is 0 Å². The second-order valence-electron chi connectivity index (χ2n) is 4.45. The van der Waals surface area contributed by atoms with Crippen molar-refractivity contribution >= 4 is 21.4 Å². The second kappa shape index (κ2) is 4.59. The van der Waals surface area contributed by atoms with E-state index < -0.39 is 9.84 Å². The van der Waals surface area contributed by atoms with Gasteiger partial charge in [-0.25, -0.2) is 8.42 Å². The summed E-state index contributed by atoms with van der Waals surface area (Å²) in [5.74, 6) is 0.504. The molecule has 17 heavy (non-hydrogen) atoms. The first-order chi connectivity index (χ1) is 7.89. The van der Waals surface area contributed by atoms with Crippen LogP contribution in [-0.4, -0.2) is 35.7 Å². The van der Waals surface area contributed by atoms with Gasteiger partial charge in [-0.05, 0) is 13.3 Å². The molecule has 0 saturated carbocycles. The standard InChI is InChI=1S/C10H16ClN3O2S/c1-7-10(11)9(14(2)13-7)5-12-8-3-4-17(15,16)6-8/h8,12H,3-6H2,1-2H3. The molecule has 1 atom stereocenters. The zero-order valence-electron chi connectivity index (χ0n) is 9.90. The van der Waals surface area contributed by atoms with E-state index in [-0.39, 0.29) is 17.5 Å². The van der Waals surface area contributed by atoms with Gasteiger partial charge in [-0.2, -0.15) is 5.10 Å². The van der Waals surface area contributed by atoms with Crippen LogP contribution in [0.3, 0.4) is 0 Å². The van der Waals surface area contributed by atoms with E-state index in [9.17, 15) is 8.42 Å². The van der Waals surface area contributed by atoms with Gasteiger partial charge >= 0.3 is 0 Å². The van der Waals surface area contributed by atoms with Gasteiger partial charge in [0.15, 0.2) is 9.84 Å². The van der Waals surface area contributed by atoms with E-state index in [1.165, 1.54) is 0 Å². The molecule has 1 fully saturated rings. The number of aryl methyl sites for hydroxylation is 2. The first-order valence-electron chi connectivity index (χ1n) is 5.51. The average molecular weight is 278 g/mol. The molecular formula is C10H16ClN3O2S. The Balaban J connectivity index is 1.99. The van der Waals surface area contributed by atoms with Gasteiger partial charge in [-0.1, -0.05) is 11.6 Å². The molecule has 0 spiro atoms. The molecule has 1 unspecified atom stereocenters. The number of nitrogens with zero attached hydrogens (tertiary/aromatic N) is 2. The molecule has 2 rings (SSSR count). The van der Waals surface area contributed by atoms with E-state index in [2.05, 4.69) is 10.4 Å². The minimum Gasteiger partial charge on any atom is -0.307 e. The summed E-state index contributed by atoms with van der Waals surface area (Å²) < 4.78 is 24.3. The van der Waals surface area contributed by atoms with Gasteiger partial charge in [-0.3, -0.25) is 4.68 Å². The maximum absolute atomic E-state index is 11.3. The third-order valence-corrected chi connectivity index (χ3v) is 5.31. The molecule has 1 aromatic rings. The van der Waals surface area contributed by atoms with E-state index in [1.54, 1.807) is 4.68 Å². The van der Waals surface area contributed by atoms with Crippen LogP contribution in [0.5, 0.6) is 0 Å². The van der Waals surface area contributed by atoms with Crippen molar-refractivity contribution in [1.29, 1.82) is 0 Å². The lowest BCUT2D eigenvalue weighted by Crippen LogP contribution is -2.30. The molecule has 0 aromatic carbocycles. The summed E-state index contributed by atoms with van der Waals surface area (Å²) >= 11 is 6.11. The number of halogens is 1. The number of hydrogen-bond donors (Lipinski definition) is 1. The van der Waals surface area contributed by atoms with Crippen molar-refractivity contribution in [2.45, 2.75) is 25.9 Å². The lowest BCUT2D eigenvalue weighted by molar-refractivity contribution is 0.533. The van der Waals surface area contributed by atoms with Crippen LogP contribution in [0.25, 0.3) is 0 Å². The fraction of sp³-hybridized carbons (Fsp3) is 0.700. The lowest BCUT2D eigenvalue weighted by Gasteiger charge is -2.10.